The van der Waals surface area contributed by atoms with E-state index in [1.54, 1.807) is 0 Å². The van der Waals surface area contributed by atoms with Gasteiger partial charge in [0.05, 0.1) is 52.9 Å². The van der Waals surface area contributed by atoms with E-state index in [-0.39, 0.29) is 46.2 Å². The van der Waals surface area contributed by atoms with Crippen LogP contribution in [-0.4, -0.2) is 95.2 Å². The Hall–Kier alpha value is -0.320. The normalized spacial score (nSPS) is 9.43. The summed E-state index contributed by atoms with van der Waals surface area (Å²) in [5.74, 6) is 0. The van der Waals surface area contributed by atoms with E-state index in [1.165, 1.54) is 57.8 Å². The Bertz CT molecular complexity index is 168. The fourth-order valence-corrected chi connectivity index (χ4v) is 1.86. The molecular formula is C20H48O8. The summed E-state index contributed by atoms with van der Waals surface area (Å²) in [7, 11) is 0. The van der Waals surface area contributed by atoms with Crippen LogP contribution in [0, 0.1) is 0 Å². The van der Waals surface area contributed by atoms with Crippen molar-refractivity contribution in [2.75, 3.05) is 59.5 Å². The van der Waals surface area contributed by atoms with E-state index >= 15 is 0 Å². The van der Waals surface area contributed by atoms with Crippen LogP contribution in [0.15, 0.2) is 0 Å². The molecule has 7 N–H and O–H groups in total. The summed E-state index contributed by atoms with van der Waals surface area (Å²) >= 11 is 0. The Morgan fingerprint density at radius 1 is 0.393 bits per heavy atom. The Morgan fingerprint density at radius 3 is 1.00 bits per heavy atom. The molecule has 0 bridgehead atoms. The second kappa shape index (κ2) is 45.4. The Morgan fingerprint density at radius 2 is 0.714 bits per heavy atom. The zero-order valence-corrected chi connectivity index (χ0v) is 18.0. The van der Waals surface area contributed by atoms with E-state index in [4.69, 9.17) is 40.5 Å². The van der Waals surface area contributed by atoms with Crippen LogP contribution in [0.4, 0.5) is 0 Å². The predicted octanol–water partition coefficient (Wildman–Crippen LogP) is 0.829. The van der Waals surface area contributed by atoms with Crippen LogP contribution in [0.1, 0.15) is 71.1 Å². The van der Waals surface area contributed by atoms with Gasteiger partial charge in [-0.1, -0.05) is 64.7 Å². The molecule has 0 aliphatic carbocycles. The van der Waals surface area contributed by atoms with Crippen LogP contribution in [-0.2, 0) is 4.74 Å². The van der Waals surface area contributed by atoms with E-state index < -0.39 is 0 Å². The van der Waals surface area contributed by atoms with Crippen molar-refractivity contribution in [2.24, 2.45) is 0 Å². The van der Waals surface area contributed by atoms with E-state index in [0.717, 1.165) is 13.0 Å². The highest BCUT2D eigenvalue weighted by atomic mass is 16.5. The van der Waals surface area contributed by atoms with Crippen molar-refractivity contribution in [3.63, 3.8) is 0 Å². The second-order valence-electron chi connectivity index (χ2n) is 5.86. The molecule has 0 aromatic heterocycles. The van der Waals surface area contributed by atoms with Gasteiger partial charge in [0.1, 0.15) is 0 Å². The maximum atomic E-state index is 8.50. The Kier molecular flexibility index (Phi) is 57.0. The fourth-order valence-electron chi connectivity index (χ4n) is 1.86. The van der Waals surface area contributed by atoms with Crippen LogP contribution in [0.25, 0.3) is 0 Å². The van der Waals surface area contributed by atoms with E-state index in [2.05, 4.69) is 6.92 Å². The first kappa shape index (κ1) is 35.1. The first-order valence-corrected chi connectivity index (χ1v) is 10.5. The molecule has 0 aliphatic heterocycles. The number of ether oxygens (including phenoxy) is 1. The van der Waals surface area contributed by atoms with Gasteiger partial charge >= 0.3 is 0 Å². The van der Waals surface area contributed by atoms with Gasteiger partial charge in [0.25, 0.3) is 0 Å². The minimum absolute atomic E-state index is 0.125. The molecule has 0 rings (SSSR count). The van der Waals surface area contributed by atoms with Crippen molar-refractivity contribution in [3.05, 3.63) is 0 Å². The highest BCUT2D eigenvalue weighted by Gasteiger charge is 1.92. The summed E-state index contributed by atoms with van der Waals surface area (Å²) < 4.78 is 5.20. The smallest absolute Gasteiger partial charge is 0.0697 e. The van der Waals surface area contributed by atoms with Gasteiger partial charge in [0.15, 0.2) is 0 Å². The van der Waals surface area contributed by atoms with E-state index in [0.29, 0.717) is 6.61 Å². The van der Waals surface area contributed by atoms with Gasteiger partial charge in [-0.15, -0.1) is 0 Å². The highest BCUT2D eigenvalue weighted by Crippen LogP contribution is 2.10. The molecule has 0 atom stereocenters. The average molecular weight is 417 g/mol. The SMILES string of the molecule is CCCCCCCCCCCCOCCO.OCCO.OCCO.OCCO. The molecular weight excluding hydrogens is 368 g/mol. The molecule has 0 radical (unpaired) electrons. The molecule has 8 nitrogen and oxygen atoms in total. The van der Waals surface area contributed by atoms with Crippen molar-refractivity contribution < 1.29 is 40.5 Å². The van der Waals surface area contributed by atoms with Gasteiger partial charge in [0.2, 0.25) is 0 Å². The van der Waals surface area contributed by atoms with E-state index in [1.807, 2.05) is 0 Å². The van der Waals surface area contributed by atoms with Crippen LogP contribution < -0.4 is 0 Å². The topological polar surface area (TPSA) is 151 Å². The van der Waals surface area contributed by atoms with Crippen molar-refractivity contribution >= 4 is 0 Å². The molecule has 0 saturated carbocycles. The Balaban J connectivity index is -0.000000195. The molecule has 176 valence electrons. The average Bonchev–Trinajstić information content (AvgIpc) is 2.75. The molecule has 0 aliphatic rings. The highest BCUT2D eigenvalue weighted by molar-refractivity contribution is 4.47. The number of unbranched alkanes of at least 4 members (excludes halogenated alkanes) is 9. The molecule has 0 saturated heterocycles. The van der Waals surface area contributed by atoms with Gasteiger partial charge in [-0.2, -0.15) is 0 Å². The molecule has 0 spiro atoms. The number of aliphatic hydroxyl groups excluding tert-OH is 7. The summed E-state index contributed by atoms with van der Waals surface area (Å²) in [6.45, 7) is 2.98. The number of hydrogen-bond acceptors (Lipinski definition) is 8. The molecule has 0 fully saturated rings. The Labute approximate surface area is 171 Å². The molecule has 0 aromatic carbocycles. The van der Waals surface area contributed by atoms with Crippen LogP contribution in [0.2, 0.25) is 0 Å². The zero-order valence-electron chi connectivity index (χ0n) is 18.0. The fraction of sp³-hybridized carbons (Fsp3) is 1.00. The standard InChI is InChI=1S/C14H30O2.3C2H6O2/c1-2-3-4-5-6-7-8-9-10-11-13-16-14-12-15;3*3-1-2-4/h15H,2-14H2,1H3;3*3-4H,1-2H2. The van der Waals surface area contributed by atoms with Gasteiger partial charge < -0.3 is 40.5 Å². The third kappa shape index (κ3) is 63.6. The zero-order chi connectivity index (χ0) is 22.1. The molecule has 0 aromatic rings. The molecule has 28 heavy (non-hydrogen) atoms. The van der Waals surface area contributed by atoms with Gasteiger partial charge in [-0.3, -0.25) is 0 Å². The largest absolute Gasteiger partial charge is 0.394 e. The molecule has 0 amide bonds. The van der Waals surface area contributed by atoms with Gasteiger partial charge in [-0.05, 0) is 6.42 Å². The lowest BCUT2D eigenvalue weighted by molar-refractivity contribution is 0.0895. The lowest BCUT2D eigenvalue weighted by Crippen LogP contribution is -2.00. The summed E-state index contributed by atoms with van der Waals surface area (Å²) in [6, 6.07) is 0. The maximum absolute atomic E-state index is 8.50. The number of hydrogen-bond donors (Lipinski definition) is 7. The minimum atomic E-state index is -0.125. The van der Waals surface area contributed by atoms with E-state index in [9.17, 15) is 0 Å². The second-order valence-corrected chi connectivity index (χ2v) is 5.86. The lowest BCUT2D eigenvalue weighted by Gasteiger charge is -2.03. The lowest BCUT2D eigenvalue weighted by atomic mass is 10.1. The predicted molar refractivity (Wildman–Crippen MR) is 112 cm³/mol. The summed E-state index contributed by atoms with van der Waals surface area (Å²) in [4.78, 5) is 0. The summed E-state index contributed by atoms with van der Waals surface area (Å²) in [5, 5.41) is 54.3. The van der Waals surface area contributed by atoms with Crippen LogP contribution >= 0.6 is 0 Å². The number of rotatable bonds is 16. The quantitative estimate of drug-likeness (QED) is 0.183. The van der Waals surface area contributed by atoms with Crippen molar-refractivity contribution in [3.8, 4) is 0 Å². The third-order valence-electron chi connectivity index (χ3n) is 3.18. The molecule has 0 heterocycles. The van der Waals surface area contributed by atoms with Crippen LogP contribution in [0.3, 0.4) is 0 Å². The monoisotopic (exact) mass is 416 g/mol. The first-order valence-electron chi connectivity index (χ1n) is 10.5. The number of aliphatic hydroxyl groups is 7. The summed E-state index contributed by atoms with van der Waals surface area (Å²) in [5.41, 5.74) is 0. The van der Waals surface area contributed by atoms with Crippen molar-refractivity contribution in [2.45, 2.75) is 71.1 Å². The van der Waals surface area contributed by atoms with Crippen molar-refractivity contribution in [1.82, 2.24) is 0 Å². The van der Waals surface area contributed by atoms with Gasteiger partial charge in [-0.25, -0.2) is 0 Å². The van der Waals surface area contributed by atoms with Gasteiger partial charge in [0, 0.05) is 6.61 Å². The minimum Gasteiger partial charge on any atom is -0.394 e. The van der Waals surface area contributed by atoms with Crippen molar-refractivity contribution in [1.29, 1.82) is 0 Å². The first-order chi connectivity index (χ1) is 13.7. The molecule has 0 unspecified atom stereocenters. The summed E-state index contributed by atoms with van der Waals surface area (Å²) in [6.07, 6.45) is 13.6. The maximum Gasteiger partial charge on any atom is 0.0697 e. The van der Waals surface area contributed by atoms with Crippen LogP contribution in [0.5, 0.6) is 0 Å². The molecule has 8 heteroatoms. The third-order valence-corrected chi connectivity index (χ3v) is 3.18.